The first-order valence-electron chi connectivity index (χ1n) is 5.21. The van der Waals surface area contributed by atoms with Gasteiger partial charge in [-0.15, -0.1) is 0 Å². The molecule has 0 aliphatic rings. The second-order valence-electron chi connectivity index (χ2n) is 3.81. The van der Waals surface area contributed by atoms with Gasteiger partial charge in [0.2, 0.25) is 5.91 Å². The van der Waals surface area contributed by atoms with E-state index in [9.17, 15) is 9.59 Å². The topological polar surface area (TPSA) is 66.4 Å². The normalized spacial score (nSPS) is 13.8. The van der Waals surface area contributed by atoms with Crippen LogP contribution in [0.5, 0.6) is 0 Å². The van der Waals surface area contributed by atoms with E-state index in [4.69, 9.17) is 5.11 Å². The molecule has 0 aromatic heterocycles. The highest BCUT2D eigenvalue weighted by atomic mass is 79.9. The smallest absolute Gasteiger partial charge is 0.315 e. The highest BCUT2D eigenvalue weighted by molar-refractivity contribution is 9.10. The van der Waals surface area contributed by atoms with Gasteiger partial charge >= 0.3 is 5.97 Å². The van der Waals surface area contributed by atoms with Gasteiger partial charge in [-0.05, 0) is 25.5 Å². The number of carboxylic acid groups (broad SMARTS) is 1. The van der Waals surface area contributed by atoms with Crippen LogP contribution in [-0.2, 0) is 9.59 Å². The molecule has 4 nitrogen and oxygen atoms in total. The van der Waals surface area contributed by atoms with Crippen molar-refractivity contribution in [1.29, 1.82) is 0 Å². The molecule has 0 heterocycles. The molecule has 1 aromatic carbocycles. The minimum atomic E-state index is -1.12. The lowest BCUT2D eigenvalue weighted by molar-refractivity contribution is -0.146. The number of hydrogen-bond donors (Lipinski definition) is 2. The average Bonchev–Trinajstić information content (AvgIpc) is 2.28. The molecule has 2 atom stereocenters. The van der Waals surface area contributed by atoms with Crippen LogP contribution in [0.25, 0.3) is 0 Å². The maximum atomic E-state index is 11.6. The molecule has 0 spiro atoms. The van der Waals surface area contributed by atoms with Gasteiger partial charge in [0.1, 0.15) is 5.92 Å². The molecule has 5 heteroatoms. The number of carbonyl (C=O) groups excluding carboxylic acids is 1. The Kier molecular flexibility index (Phi) is 4.69. The summed E-state index contributed by atoms with van der Waals surface area (Å²) in [4.78, 5) is 22.2. The van der Waals surface area contributed by atoms with Crippen molar-refractivity contribution < 1.29 is 14.7 Å². The van der Waals surface area contributed by atoms with Crippen molar-refractivity contribution in [1.82, 2.24) is 5.32 Å². The summed E-state index contributed by atoms with van der Waals surface area (Å²) in [6.07, 6.45) is 0. The van der Waals surface area contributed by atoms with Crippen molar-refractivity contribution in [2.75, 3.05) is 0 Å². The first-order valence-corrected chi connectivity index (χ1v) is 6.00. The molecule has 2 unspecified atom stereocenters. The van der Waals surface area contributed by atoms with Crippen molar-refractivity contribution in [3.63, 3.8) is 0 Å². The minimum Gasteiger partial charge on any atom is -0.481 e. The molecule has 0 saturated carbocycles. The lowest BCUT2D eigenvalue weighted by Gasteiger charge is -2.17. The molecule has 1 rings (SSSR count). The van der Waals surface area contributed by atoms with Crippen LogP contribution in [0.2, 0.25) is 0 Å². The molecular formula is C12H14BrNO3. The van der Waals surface area contributed by atoms with Crippen LogP contribution in [0.4, 0.5) is 0 Å². The van der Waals surface area contributed by atoms with Crippen LogP contribution in [0.1, 0.15) is 25.5 Å². The van der Waals surface area contributed by atoms with E-state index in [1.54, 1.807) is 0 Å². The van der Waals surface area contributed by atoms with E-state index in [2.05, 4.69) is 21.2 Å². The minimum absolute atomic E-state index is 0.236. The monoisotopic (exact) mass is 299 g/mol. The van der Waals surface area contributed by atoms with Gasteiger partial charge in [0.15, 0.2) is 0 Å². The lowest BCUT2D eigenvalue weighted by Crippen LogP contribution is -2.35. The van der Waals surface area contributed by atoms with Crippen LogP contribution in [0.3, 0.4) is 0 Å². The maximum Gasteiger partial charge on any atom is 0.315 e. The molecule has 0 aliphatic carbocycles. The van der Waals surface area contributed by atoms with Crippen molar-refractivity contribution in [2.24, 2.45) is 5.92 Å². The van der Waals surface area contributed by atoms with Gasteiger partial charge in [-0.1, -0.05) is 34.1 Å². The van der Waals surface area contributed by atoms with Crippen molar-refractivity contribution >= 4 is 27.8 Å². The molecule has 0 bridgehead atoms. The molecule has 1 amide bonds. The number of aliphatic carboxylic acids is 1. The number of hydrogen-bond acceptors (Lipinski definition) is 2. The van der Waals surface area contributed by atoms with E-state index in [0.29, 0.717) is 0 Å². The van der Waals surface area contributed by atoms with E-state index in [1.165, 1.54) is 6.92 Å². The van der Waals surface area contributed by atoms with Gasteiger partial charge in [-0.2, -0.15) is 0 Å². The molecule has 92 valence electrons. The van der Waals surface area contributed by atoms with E-state index >= 15 is 0 Å². The SMILES string of the molecule is CC(C(=O)O)C(=O)NC(C)c1ccccc1Br. The van der Waals surface area contributed by atoms with Gasteiger partial charge in [-0.3, -0.25) is 9.59 Å². The summed E-state index contributed by atoms with van der Waals surface area (Å²) in [5.74, 6) is -2.65. The van der Waals surface area contributed by atoms with E-state index in [1.807, 2.05) is 31.2 Å². The second kappa shape index (κ2) is 5.82. The van der Waals surface area contributed by atoms with Gasteiger partial charge in [0.05, 0.1) is 6.04 Å². The largest absolute Gasteiger partial charge is 0.481 e. The van der Waals surface area contributed by atoms with Crippen molar-refractivity contribution in [2.45, 2.75) is 19.9 Å². The Labute approximate surface area is 108 Å². The summed E-state index contributed by atoms with van der Waals surface area (Å²) >= 11 is 3.39. The molecule has 0 radical (unpaired) electrons. The molecule has 0 aliphatic heterocycles. The van der Waals surface area contributed by atoms with E-state index in [0.717, 1.165) is 10.0 Å². The number of nitrogens with one attached hydrogen (secondary N) is 1. The fourth-order valence-electron chi connectivity index (χ4n) is 1.35. The van der Waals surface area contributed by atoms with Gasteiger partial charge in [0, 0.05) is 4.47 Å². The van der Waals surface area contributed by atoms with Gasteiger partial charge < -0.3 is 10.4 Å². The maximum absolute atomic E-state index is 11.6. The lowest BCUT2D eigenvalue weighted by atomic mass is 10.1. The standard InChI is InChI=1S/C12H14BrNO3/c1-7(12(16)17)11(15)14-8(2)9-5-3-4-6-10(9)13/h3-8H,1-2H3,(H,14,15)(H,16,17). The van der Waals surface area contributed by atoms with Gasteiger partial charge in [0.25, 0.3) is 0 Å². The Balaban J connectivity index is 2.73. The Morgan fingerprint density at radius 1 is 1.29 bits per heavy atom. The Morgan fingerprint density at radius 3 is 2.41 bits per heavy atom. The number of benzene rings is 1. The first kappa shape index (κ1) is 13.7. The highest BCUT2D eigenvalue weighted by Crippen LogP contribution is 2.22. The summed E-state index contributed by atoms with van der Waals surface area (Å²) in [6.45, 7) is 3.18. The van der Waals surface area contributed by atoms with Crippen LogP contribution in [0, 0.1) is 5.92 Å². The van der Waals surface area contributed by atoms with E-state index in [-0.39, 0.29) is 6.04 Å². The zero-order valence-electron chi connectivity index (χ0n) is 9.61. The average molecular weight is 300 g/mol. The molecule has 0 saturated heterocycles. The summed E-state index contributed by atoms with van der Waals surface area (Å²) in [6, 6.07) is 7.25. The number of rotatable bonds is 4. The number of carbonyl (C=O) groups is 2. The first-order chi connectivity index (χ1) is 7.93. The number of halogens is 1. The molecule has 2 N–H and O–H groups in total. The zero-order valence-corrected chi connectivity index (χ0v) is 11.2. The fraction of sp³-hybridized carbons (Fsp3) is 0.333. The highest BCUT2D eigenvalue weighted by Gasteiger charge is 2.22. The summed E-state index contributed by atoms with van der Waals surface area (Å²) in [5, 5.41) is 11.4. The third-order valence-corrected chi connectivity index (χ3v) is 3.22. The van der Waals surface area contributed by atoms with Crippen LogP contribution >= 0.6 is 15.9 Å². The summed E-state index contributed by atoms with van der Waals surface area (Å²) < 4.78 is 0.885. The summed E-state index contributed by atoms with van der Waals surface area (Å²) in [7, 11) is 0. The van der Waals surface area contributed by atoms with Crippen LogP contribution in [-0.4, -0.2) is 17.0 Å². The second-order valence-corrected chi connectivity index (χ2v) is 4.67. The third kappa shape index (κ3) is 3.56. The Hall–Kier alpha value is -1.36. The zero-order chi connectivity index (χ0) is 13.0. The molecule has 17 heavy (non-hydrogen) atoms. The Morgan fingerprint density at radius 2 is 1.88 bits per heavy atom. The van der Waals surface area contributed by atoms with E-state index < -0.39 is 17.8 Å². The molecule has 1 aromatic rings. The van der Waals surface area contributed by atoms with Crippen molar-refractivity contribution in [3.05, 3.63) is 34.3 Å². The molecular weight excluding hydrogens is 286 g/mol. The van der Waals surface area contributed by atoms with Gasteiger partial charge in [-0.25, -0.2) is 0 Å². The number of amides is 1. The van der Waals surface area contributed by atoms with Crippen LogP contribution in [0.15, 0.2) is 28.7 Å². The number of carboxylic acids is 1. The summed E-state index contributed by atoms with van der Waals surface area (Å²) in [5.41, 5.74) is 0.915. The van der Waals surface area contributed by atoms with Crippen molar-refractivity contribution in [3.8, 4) is 0 Å². The Bertz CT molecular complexity index is 434. The molecule has 0 fully saturated rings. The predicted molar refractivity (Wildman–Crippen MR) is 67.5 cm³/mol. The quantitative estimate of drug-likeness (QED) is 0.839. The fourth-order valence-corrected chi connectivity index (χ4v) is 1.98. The van der Waals surface area contributed by atoms with Crippen LogP contribution < -0.4 is 5.32 Å². The third-order valence-electron chi connectivity index (χ3n) is 2.49. The predicted octanol–water partition coefficient (Wildman–Crippen LogP) is 2.35.